The fraction of sp³-hybridized carbons (Fsp3) is 0.300. The Balaban J connectivity index is 2.68. The Morgan fingerprint density at radius 1 is 1.33 bits per heavy atom. The van der Waals surface area contributed by atoms with E-state index in [-0.39, 0.29) is 5.78 Å². The van der Waals surface area contributed by atoms with Gasteiger partial charge < -0.3 is 0 Å². The molecule has 0 spiro atoms. The monoisotopic (exact) mass is 180 g/mol. The van der Waals surface area contributed by atoms with Crippen molar-refractivity contribution in [1.82, 2.24) is 0 Å². The highest BCUT2D eigenvalue weighted by Crippen LogP contribution is 2.29. The normalized spacial score (nSPS) is 15.0. The van der Waals surface area contributed by atoms with Crippen molar-refractivity contribution in [2.45, 2.75) is 19.8 Å². The number of Topliss-reactive ketones (excluding diaryl/α,β-unsaturated/α-hetero) is 1. The maximum atomic E-state index is 11.3. The van der Waals surface area contributed by atoms with E-state index in [4.69, 9.17) is 11.6 Å². The maximum absolute atomic E-state index is 11.3. The van der Waals surface area contributed by atoms with Crippen molar-refractivity contribution < 1.29 is 4.79 Å². The van der Waals surface area contributed by atoms with E-state index in [1.807, 2.05) is 13.0 Å². The van der Waals surface area contributed by atoms with Gasteiger partial charge in [0.15, 0.2) is 5.78 Å². The molecule has 1 aromatic carbocycles. The molecule has 0 aromatic heterocycles. The van der Waals surface area contributed by atoms with E-state index in [0.717, 1.165) is 28.1 Å². The van der Waals surface area contributed by atoms with E-state index < -0.39 is 0 Å². The molecule has 2 rings (SSSR count). The summed E-state index contributed by atoms with van der Waals surface area (Å²) in [7, 11) is 0. The molecule has 0 bridgehead atoms. The number of rotatable bonds is 0. The van der Waals surface area contributed by atoms with Crippen LogP contribution in [0.3, 0.4) is 0 Å². The predicted octanol–water partition coefficient (Wildman–Crippen LogP) is 2.78. The van der Waals surface area contributed by atoms with Crippen molar-refractivity contribution in [2.75, 3.05) is 0 Å². The molecule has 0 unspecified atom stereocenters. The molecule has 0 N–H and O–H groups in total. The first-order valence-corrected chi connectivity index (χ1v) is 4.39. The molecule has 0 saturated carbocycles. The fourth-order valence-corrected chi connectivity index (χ4v) is 1.86. The van der Waals surface area contributed by atoms with Crippen LogP contribution < -0.4 is 0 Å². The third-order valence-electron chi connectivity index (χ3n) is 2.43. The van der Waals surface area contributed by atoms with Gasteiger partial charge in [-0.1, -0.05) is 11.6 Å². The lowest BCUT2D eigenvalue weighted by Gasteiger charge is -2.03. The lowest BCUT2D eigenvalue weighted by atomic mass is 10.0. The van der Waals surface area contributed by atoms with Crippen molar-refractivity contribution in [3.05, 3.63) is 33.8 Å². The smallest absolute Gasteiger partial charge is 0.163 e. The number of ketones is 1. The second kappa shape index (κ2) is 2.60. The molecule has 0 aliphatic heterocycles. The first-order valence-electron chi connectivity index (χ1n) is 4.01. The molecule has 0 amide bonds. The molecule has 0 fully saturated rings. The number of hydrogen-bond donors (Lipinski definition) is 0. The summed E-state index contributed by atoms with van der Waals surface area (Å²) in [5.74, 6) is 0.254. The molecule has 62 valence electrons. The lowest BCUT2D eigenvalue weighted by Crippen LogP contribution is -1.92. The van der Waals surface area contributed by atoms with E-state index in [0.29, 0.717) is 6.42 Å². The van der Waals surface area contributed by atoms with E-state index in [2.05, 4.69) is 0 Å². The quantitative estimate of drug-likeness (QED) is 0.600. The fourth-order valence-electron chi connectivity index (χ4n) is 1.68. The summed E-state index contributed by atoms with van der Waals surface area (Å²) in [5.41, 5.74) is 3.09. The molecule has 1 aliphatic rings. The van der Waals surface area contributed by atoms with Crippen molar-refractivity contribution in [2.24, 2.45) is 0 Å². The van der Waals surface area contributed by atoms with E-state index in [1.165, 1.54) is 0 Å². The second-order valence-electron chi connectivity index (χ2n) is 3.12. The average Bonchev–Trinajstić information content (AvgIpc) is 2.41. The summed E-state index contributed by atoms with van der Waals surface area (Å²) in [5, 5.41) is 0.767. The SMILES string of the molecule is Cc1c(Cl)ccc2c1CCC2=O. The topological polar surface area (TPSA) is 17.1 Å². The van der Waals surface area contributed by atoms with Gasteiger partial charge in [0.05, 0.1) is 0 Å². The van der Waals surface area contributed by atoms with E-state index in [1.54, 1.807) is 6.07 Å². The highest BCUT2D eigenvalue weighted by atomic mass is 35.5. The van der Waals surface area contributed by atoms with Gasteiger partial charge in [0, 0.05) is 17.0 Å². The van der Waals surface area contributed by atoms with Gasteiger partial charge in [0.2, 0.25) is 0 Å². The number of halogens is 1. The Kier molecular flexibility index (Phi) is 1.69. The largest absolute Gasteiger partial charge is 0.294 e. The van der Waals surface area contributed by atoms with Gasteiger partial charge in [0.1, 0.15) is 0 Å². The summed E-state index contributed by atoms with van der Waals surface area (Å²) >= 11 is 5.93. The first-order chi connectivity index (χ1) is 5.70. The highest BCUT2D eigenvalue weighted by Gasteiger charge is 2.21. The number of carbonyl (C=O) groups is 1. The Bertz CT molecular complexity index is 355. The van der Waals surface area contributed by atoms with E-state index in [9.17, 15) is 4.79 Å². The Morgan fingerprint density at radius 3 is 2.83 bits per heavy atom. The molecule has 2 heteroatoms. The predicted molar refractivity (Wildman–Crippen MR) is 48.8 cm³/mol. The van der Waals surface area contributed by atoms with Gasteiger partial charge in [-0.2, -0.15) is 0 Å². The van der Waals surface area contributed by atoms with Crippen molar-refractivity contribution in [3.63, 3.8) is 0 Å². The minimum Gasteiger partial charge on any atom is -0.294 e. The van der Waals surface area contributed by atoms with Crippen LogP contribution in [0.15, 0.2) is 12.1 Å². The van der Waals surface area contributed by atoms with Gasteiger partial charge in [-0.25, -0.2) is 0 Å². The van der Waals surface area contributed by atoms with Gasteiger partial charge in [-0.05, 0) is 36.6 Å². The third-order valence-corrected chi connectivity index (χ3v) is 2.84. The minimum absolute atomic E-state index is 0.254. The number of hydrogen-bond acceptors (Lipinski definition) is 1. The molecular weight excluding hydrogens is 172 g/mol. The zero-order valence-electron chi connectivity index (χ0n) is 6.86. The summed E-state index contributed by atoms with van der Waals surface area (Å²) in [6.45, 7) is 1.97. The van der Waals surface area contributed by atoms with Crippen LogP contribution in [0.5, 0.6) is 0 Å². The third kappa shape index (κ3) is 0.969. The summed E-state index contributed by atoms with van der Waals surface area (Å²) in [6, 6.07) is 3.64. The zero-order valence-corrected chi connectivity index (χ0v) is 7.61. The Morgan fingerprint density at radius 2 is 2.08 bits per heavy atom. The molecule has 0 atom stereocenters. The zero-order chi connectivity index (χ0) is 8.72. The molecule has 12 heavy (non-hydrogen) atoms. The molecule has 0 heterocycles. The van der Waals surface area contributed by atoms with E-state index >= 15 is 0 Å². The Labute approximate surface area is 76.4 Å². The number of benzene rings is 1. The van der Waals surface area contributed by atoms with Crippen molar-refractivity contribution in [1.29, 1.82) is 0 Å². The van der Waals surface area contributed by atoms with Crippen LogP contribution in [0.1, 0.15) is 27.9 Å². The van der Waals surface area contributed by atoms with Gasteiger partial charge in [-0.15, -0.1) is 0 Å². The molecule has 1 aromatic rings. The van der Waals surface area contributed by atoms with Gasteiger partial charge in [-0.3, -0.25) is 4.79 Å². The van der Waals surface area contributed by atoms with Gasteiger partial charge in [0.25, 0.3) is 0 Å². The first kappa shape index (κ1) is 7.81. The summed E-state index contributed by atoms with van der Waals surface area (Å²) in [4.78, 5) is 11.3. The van der Waals surface area contributed by atoms with Crippen molar-refractivity contribution >= 4 is 17.4 Å². The second-order valence-corrected chi connectivity index (χ2v) is 3.53. The van der Waals surface area contributed by atoms with Crippen LogP contribution in [0, 0.1) is 6.92 Å². The van der Waals surface area contributed by atoms with Crippen LogP contribution in [0.4, 0.5) is 0 Å². The average molecular weight is 181 g/mol. The standard InChI is InChI=1S/C10H9ClO/c1-6-7-3-5-10(12)8(7)2-4-9(6)11/h2,4H,3,5H2,1H3. The Hall–Kier alpha value is -0.820. The molecular formula is C10H9ClO. The van der Waals surface area contributed by atoms with Crippen LogP contribution in [-0.4, -0.2) is 5.78 Å². The van der Waals surface area contributed by atoms with Crippen LogP contribution >= 0.6 is 11.6 Å². The summed E-state index contributed by atoms with van der Waals surface area (Å²) < 4.78 is 0. The van der Waals surface area contributed by atoms with Crippen molar-refractivity contribution in [3.8, 4) is 0 Å². The van der Waals surface area contributed by atoms with Crippen LogP contribution in [-0.2, 0) is 6.42 Å². The number of carbonyl (C=O) groups excluding carboxylic acids is 1. The molecule has 0 saturated heterocycles. The van der Waals surface area contributed by atoms with Crippen LogP contribution in [0.25, 0.3) is 0 Å². The van der Waals surface area contributed by atoms with Crippen LogP contribution in [0.2, 0.25) is 5.02 Å². The number of fused-ring (bicyclic) bond motifs is 1. The molecule has 1 aliphatic carbocycles. The molecule has 0 radical (unpaired) electrons. The molecule has 1 nitrogen and oxygen atoms in total. The van der Waals surface area contributed by atoms with Gasteiger partial charge >= 0.3 is 0 Å². The maximum Gasteiger partial charge on any atom is 0.163 e. The lowest BCUT2D eigenvalue weighted by molar-refractivity contribution is 0.0994. The minimum atomic E-state index is 0.254. The summed E-state index contributed by atoms with van der Waals surface area (Å²) in [6.07, 6.45) is 1.51. The highest BCUT2D eigenvalue weighted by molar-refractivity contribution is 6.31.